The number of carbonyl (C=O) groups is 2. The van der Waals surface area contributed by atoms with E-state index in [2.05, 4.69) is 5.16 Å². The van der Waals surface area contributed by atoms with Crippen LogP contribution in [0, 0.1) is 0 Å². The first-order chi connectivity index (χ1) is 14.6. The number of hydrogen-bond donors (Lipinski definition) is 1. The molecule has 0 bridgehead atoms. The van der Waals surface area contributed by atoms with Crippen molar-refractivity contribution in [1.29, 1.82) is 0 Å². The number of piperazine rings is 1. The highest BCUT2D eigenvalue weighted by molar-refractivity contribution is 6.00. The van der Waals surface area contributed by atoms with Gasteiger partial charge in [-0.05, 0) is 17.7 Å². The Morgan fingerprint density at radius 1 is 1.17 bits per heavy atom. The van der Waals surface area contributed by atoms with Crippen LogP contribution in [0.1, 0.15) is 15.9 Å². The molecular weight excluding hydrogens is 386 g/mol. The van der Waals surface area contributed by atoms with Crippen molar-refractivity contribution in [2.24, 2.45) is 0 Å². The molecule has 4 rings (SSSR count). The molecule has 8 nitrogen and oxygen atoms in total. The molecular formula is C22H21N3O5. The van der Waals surface area contributed by atoms with E-state index in [1.165, 1.54) is 0 Å². The fourth-order valence-corrected chi connectivity index (χ4v) is 3.52. The van der Waals surface area contributed by atoms with E-state index in [-0.39, 0.29) is 29.6 Å². The average molecular weight is 407 g/mol. The van der Waals surface area contributed by atoms with Gasteiger partial charge in [-0.2, -0.15) is 0 Å². The molecule has 30 heavy (non-hydrogen) atoms. The van der Waals surface area contributed by atoms with E-state index in [1.807, 2.05) is 30.3 Å². The van der Waals surface area contributed by atoms with Gasteiger partial charge >= 0.3 is 5.97 Å². The standard InChI is InChI=1S/C22H21N3O5/c1-29-17-9-5-6-15(12-17)13-24-10-11-25(14-18(24)26)21-19(22(27)28)20(30-23-21)16-7-3-2-4-8-16/h2-9,12H,10-11,13-14H2,1H3,(H,27,28). The Hall–Kier alpha value is -3.81. The number of anilines is 1. The Morgan fingerprint density at radius 3 is 2.67 bits per heavy atom. The Balaban J connectivity index is 1.53. The van der Waals surface area contributed by atoms with E-state index in [9.17, 15) is 14.7 Å². The normalized spacial score (nSPS) is 14.1. The summed E-state index contributed by atoms with van der Waals surface area (Å²) in [5.41, 5.74) is 1.56. The molecule has 2 heterocycles. The quantitative estimate of drug-likeness (QED) is 0.671. The van der Waals surface area contributed by atoms with Crippen LogP contribution in [0.25, 0.3) is 11.3 Å². The maximum atomic E-state index is 12.7. The summed E-state index contributed by atoms with van der Waals surface area (Å²) in [5, 5.41) is 13.7. The molecule has 154 valence electrons. The number of carboxylic acid groups (broad SMARTS) is 1. The smallest absolute Gasteiger partial charge is 0.343 e. The predicted octanol–water partition coefficient (Wildman–Crippen LogP) is 2.90. The number of carbonyl (C=O) groups excluding carboxylic acids is 1. The van der Waals surface area contributed by atoms with Gasteiger partial charge in [0.1, 0.15) is 5.75 Å². The van der Waals surface area contributed by atoms with Crippen LogP contribution in [-0.2, 0) is 11.3 Å². The number of hydrogen-bond acceptors (Lipinski definition) is 6. The van der Waals surface area contributed by atoms with Crippen molar-refractivity contribution >= 4 is 17.7 Å². The molecule has 0 spiro atoms. The van der Waals surface area contributed by atoms with E-state index in [0.717, 1.165) is 11.3 Å². The first-order valence-electron chi connectivity index (χ1n) is 9.51. The SMILES string of the molecule is COc1cccc(CN2CCN(c3noc(-c4ccccc4)c3C(=O)O)CC2=O)c1. The lowest BCUT2D eigenvalue weighted by Gasteiger charge is -2.34. The monoisotopic (exact) mass is 407 g/mol. The van der Waals surface area contributed by atoms with Crippen molar-refractivity contribution in [3.63, 3.8) is 0 Å². The third-order valence-corrected chi connectivity index (χ3v) is 5.05. The van der Waals surface area contributed by atoms with Gasteiger partial charge in [0.2, 0.25) is 5.91 Å². The minimum atomic E-state index is -1.14. The van der Waals surface area contributed by atoms with Crippen LogP contribution < -0.4 is 9.64 Å². The molecule has 1 amide bonds. The summed E-state index contributed by atoms with van der Waals surface area (Å²) in [6.45, 7) is 1.40. The van der Waals surface area contributed by atoms with Gasteiger partial charge in [-0.25, -0.2) is 4.79 Å². The van der Waals surface area contributed by atoms with Crippen LogP contribution in [-0.4, -0.2) is 53.8 Å². The number of aromatic carboxylic acids is 1. The maximum absolute atomic E-state index is 12.7. The Morgan fingerprint density at radius 2 is 1.97 bits per heavy atom. The molecule has 8 heteroatoms. The fraction of sp³-hybridized carbons (Fsp3) is 0.227. The highest BCUT2D eigenvalue weighted by Gasteiger charge is 2.32. The molecule has 1 fully saturated rings. The van der Waals surface area contributed by atoms with E-state index in [4.69, 9.17) is 9.26 Å². The number of methoxy groups -OCH3 is 1. The maximum Gasteiger partial charge on any atom is 0.343 e. The van der Waals surface area contributed by atoms with Crippen molar-refractivity contribution in [1.82, 2.24) is 10.1 Å². The lowest BCUT2D eigenvalue weighted by Crippen LogP contribution is -2.50. The van der Waals surface area contributed by atoms with Crippen LogP contribution in [0.4, 0.5) is 5.82 Å². The number of benzene rings is 2. The third kappa shape index (κ3) is 3.84. The van der Waals surface area contributed by atoms with Gasteiger partial charge in [0.25, 0.3) is 0 Å². The van der Waals surface area contributed by atoms with Crippen LogP contribution >= 0.6 is 0 Å². The molecule has 1 aliphatic heterocycles. The topological polar surface area (TPSA) is 96.1 Å². The lowest BCUT2D eigenvalue weighted by atomic mass is 10.1. The average Bonchev–Trinajstić information content (AvgIpc) is 3.21. The summed E-state index contributed by atoms with van der Waals surface area (Å²) >= 11 is 0. The molecule has 1 N–H and O–H groups in total. The molecule has 0 saturated carbocycles. The molecule has 0 atom stereocenters. The summed E-state index contributed by atoms with van der Waals surface area (Å²) in [6, 6.07) is 16.5. The van der Waals surface area contributed by atoms with E-state index < -0.39 is 5.97 Å². The van der Waals surface area contributed by atoms with Crippen LogP contribution in [0.3, 0.4) is 0 Å². The Labute approximate surface area is 173 Å². The van der Waals surface area contributed by atoms with E-state index in [1.54, 1.807) is 41.2 Å². The van der Waals surface area contributed by atoms with Gasteiger partial charge < -0.3 is 24.2 Å². The first-order valence-corrected chi connectivity index (χ1v) is 9.51. The van der Waals surface area contributed by atoms with E-state index >= 15 is 0 Å². The molecule has 1 saturated heterocycles. The summed E-state index contributed by atoms with van der Waals surface area (Å²) in [5.74, 6) is -0.151. The zero-order valence-electron chi connectivity index (χ0n) is 16.4. The largest absolute Gasteiger partial charge is 0.497 e. The predicted molar refractivity (Wildman–Crippen MR) is 110 cm³/mol. The zero-order chi connectivity index (χ0) is 21.1. The van der Waals surface area contributed by atoms with Gasteiger partial charge in [-0.15, -0.1) is 0 Å². The second-order valence-electron chi connectivity index (χ2n) is 6.97. The van der Waals surface area contributed by atoms with Crippen LogP contribution in [0.15, 0.2) is 59.1 Å². The summed E-state index contributed by atoms with van der Waals surface area (Å²) in [4.78, 5) is 28.1. The zero-order valence-corrected chi connectivity index (χ0v) is 16.4. The number of carboxylic acids is 1. The van der Waals surface area contributed by atoms with Gasteiger partial charge in [0.05, 0.1) is 13.7 Å². The molecule has 0 radical (unpaired) electrons. The van der Waals surface area contributed by atoms with E-state index in [0.29, 0.717) is 25.2 Å². The molecule has 3 aromatic rings. The van der Waals surface area contributed by atoms with Crippen LogP contribution in [0.2, 0.25) is 0 Å². The summed E-state index contributed by atoms with van der Waals surface area (Å²) in [6.07, 6.45) is 0. The second-order valence-corrected chi connectivity index (χ2v) is 6.97. The van der Waals surface area contributed by atoms with Crippen molar-refractivity contribution in [3.05, 3.63) is 65.7 Å². The third-order valence-electron chi connectivity index (χ3n) is 5.05. The molecule has 1 aliphatic rings. The minimum absolute atomic E-state index is 0.0322. The van der Waals surface area contributed by atoms with Gasteiger partial charge in [0.15, 0.2) is 17.1 Å². The highest BCUT2D eigenvalue weighted by atomic mass is 16.5. The number of amides is 1. The van der Waals surface area contributed by atoms with Gasteiger partial charge in [-0.3, -0.25) is 4.79 Å². The molecule has 0 unspecified atom stereocenters. The number of rotatable bonds is 6. The first kappa shape index (κ1) is 19.5. The fourth-order valence-electron chi connectivity index (χ4n) is 3.52. The molecule has 1 aromatic heterocycles. The number of nitrogens with zero attached hydrogens (tertiary/aromatic N) is 3. The van der Waals surface area contributed by atoms with Crippen LogP contribution in [0.5, 0.6) is 5.75 Å². The van der Waals surface area contributed by atoms with Crippen molar-refractivity contribution < 1.29 is 24.0 Å². The second kappa shape index (κ2) is 8.28. The number of ether oxygens (including phenoxy) is 1. The van der Waals surface area contributed by atoms with Crippen molar-refractivity contribution in [2.75, 3.05) is 31.6 Å². The molecule has 2 aromatic carbocycles. The lowest BCUT2D eigenvalue weighted by molar-refractivity contribution is -0.131. The number of aromatic nitrogens is 1. The van der Waals surface area contributed by atoms with Crippen molar-refractivity contribution in [3.8, 4) is 17.1 Å². The Kier molecular flexibility index (Phi) is 5.38. The summed E-state index contributed by atoms with van der Waals surface area (Å²) < 4.78 is 10.6. The Bertz CT molecular complexity index is 1060. The van der Waals surface area contributed by atoms with Crippen molar-refractivity contribution in [2.45, 2.75) is 6.54 Å². The summed E-state index contributed by atoms with van der Waals surface area (Å²) in [7, 11) is 1.60. The van der Waals surface area contributed by atoms with Gasteiger partial charge in [-0.1, -0.05) is 47.6 Å². The highest BCUT2D eigenvalue weighted by Crippen LogP contribution is 2.32. The van der Waals surface area contributed by atoms with Gasteiger partial charge in [0, 0.05) is 25.2 Å². The minimum Gasteiger partial charge on any atom is -0.497 e. The molecule has 0 aliphatic carbocycles.